The number of imide groups is 1. The van der Waals surface area contributed by atoms with Crippen LogP contribution in [0.25, 0.3) is 0 Å². The Morgan fingerprint density at radius 1 is 1.29 bits per heavy atom. The second-order valence-corrected chi connectivity index (χ2v) is 6.17. The average molecular weight is 334 g/mol. The average Bonchev–Trinajstić information content (AvgIpc) is 3.11. The lowest BCUT2D eigenvalue weighted by atomic mass is 10.1. The Labute approximate surface area is 140 Å². The van der Waals surface area contributed by atoms with Crippen molar-refractivity contribution in [3.8, 4) is 0 Å². The molecule has 1 aromatic rings. The Morgan fingerprint density at radius 3 is 2.62 bits per heavy atom. The molecule has 2 saturated heterocycles. The smallest absolute Gasteiger partial charge is 0.322 e. The zero-order chi connectivity index (χ0) is 17.1. The number of aromatic nitrogens is 2. The van der Waals surface area contributed by atoms with E-state index in [1.807, 2.05) is 22.7 Å². The standard InChI is InChI=1S/C15H22N6O3/c1-19-5-4-16-12(19)10-20-6-8-21(9-7-20)13(22)3-2-11-14(23)18-15(24)17-11/h4-5,11H,2-3,6-10H2,1H3,(H2,17,18,23,24)/t11-/m1/s1. The van der Waals surface area contributed by atoms with Crippen LogP contribution in [-0.4, -0.2) is 69.4 Å². The van der Waals surface area contributed by atoms with Gasteiger partial charge in [-0.3, -0.25) is 19.8 Å². The van der Waals surface area contributed by atoms with Gasteiger partial charge < -0.3 is 14.8 Å². The Bertz CT molecular complexity index is 635. The SMILES string of the molecule is Cn1ccnc1CN1CCN(C(=O)CC[C@H]2NC(=O)NC2=O)CC1. The number of rotatable bonds is 5. The van der Waals surface area contributed by atoms with Crippen LogP contribution >= 0.6 is 0 Å². The third kappa shape index (κ3) is 3.73. The van der Waals surface area contributed by atoms with E-state index in [1.165, 1.54) is 0 Å². The van der Waals surface area contributed by atoms with Gasteiger partial charge in [0.15, 0.2) is 0 Å². The van der Waals surface area contributed by atoms with Gasteiger partial charge in [0.2, 0.25) is 5.91 Å². The third-order valence-electron chi connectivity index (χ3n) is 4.52. The first-order chi connectivity index (χ1) is 11.5. The normalized spacial score (nSPS) is 21.7. The van der Waals surface area contributed by atoms with Gasteiger partial charge in [-0.25, -0.2) is 9.78 Å². The monoisotopic (exact) mass is 334 g/mol. The van der Waals surface area contributed by atoms with Crippen molar-refractivity contribution in [3.63, 3.8) is 0 Å². The Hall–Kier alpha value is -2.42. The lowest BCUT2D eigenvalue weighted by molar-refractivity contribution is -0.133. The summed E-state index contributed by atoms with van der Waals surface area (Å²) in [6.07, 6.45) is 4.31. The summed E-state index contributed by atoms with van der Waals surface area (Å²) in [5, 5.41) is 4.68. The predicted molar refractivity (Wildman–Crippen MR) is 84.8 cm³/mol. The fourth-order valence-electron chi connectivity index (χ4n) is 2.99. The molecule has 1 aromatic heterocycles. The molecule has 9 heteroatoms. The number of aryl methyl sites for hydroxylation is 1. The fourth-order valence-corrected chi connectivity index (χ4v) is 2.99. The number of amides is 4. The summed E-state index contributed by atoms with van der Waals surface area (Å²) in [5.74, 6) is 0.686. The van der Waals surface area contributed by atoms with Gasteiger partial charge in [-0.05, 0) is 6.42 Å². The molecule has 0 aliphatic carbocycles. The van der Waals surface area contributed by atoms with Crippen molar-refractivity contribution in [2.45, 2.75) is 25.4 Å². The molecule has 2 aliphatic heterocycles. The van der Waals surface area contributed by atoms with Gasteiger partial charge in [0.05, 0.1) is 6.54 Å². The minimum absolute atomic E-state index is 0.0283. The van der Waals surface area contributed by atoms with E-state index < -0.39 is 12.1 Å². The van der Waals surface area contributed by atoms with Crippen LogP contribution < -0.4 is 10.6 Å². The van der Waals surface area contributed by atoms with Gasteiger partial charge in [-0.2, -0.15) is 0 Å². The molecular weight excluding hydrogens is 312 g/mol. The molecule has 0 bridgehead atoms. The van der Waals surface area contributed by atoms with E-state index >= 15 is 0 Å². The Balaban J connectivity index is 1.41. The van der Waals surface area contributed by atoms with Crippen LogP contribution in [0.2, 0.25) is 0 Å². The second kappa shape index (κ2) is 7.00. The number of nitrogens with one attached hydrogen (secondary N) is 2. The van der Waals surface area contributed by atoms with Crippen LogP contribution in [0.5, 0.6) is 0 Å². The van der Waals surface area contributed by atoms with E-state index in [1.54, 1.807) is 6.20 Å². The van der Waals surface area contributed by atoms with Gasteiger partial charge in [0.1, 0.15) is 11.9 Å². The van der Waals surface area contributed by atoms with Gasteiger partial charge in [-0.15, -0.1) is 0 Å². The van der Waals surface area contributed by atoms with Crippen LogP contribution in [0.1, 0.15) is 18.7 Å². The summed E-state index contributed by atoms with van der Waals surface area (Å²) in [7, 11) is 1.97. The topological polar surface area (TPSA) is 99.6 Å². The number of urea groups is 1. The Kier molecular flexibility index (Phi) is 4.79. The molecule has 0 unspecified atom stereocenters. The molecule has 2 N–H and O–H groups in total. The molecule has 24 heavy (non-hydrogen) atoms. The maximum atomic E-state index is 12.3. The highest BCUT2D eigenvalue weighted by Crippen LogP contribution is 2.10. The molecule has 2 fully saturated rings. The predicted octanol–water partition coefficient (Wildman–Crippen LogP) is -0.947. The van der Waals surface area contributed by atoms with Crippen LogP contribution in [0.4, 0.5) is 4.79 Å². The number of hydrogen-bond acceptors (Lipinski definition) is 5. The summed E-state index contributed by atoms with van der Waals surface area (Å²) in [6, 6.07) is -1.08. The molecule has 3 rings (SSSR count). The van der Waals surface area contributed by atoms with Crippen LogP contribution in [0.15, 0.2) is 12.4 Å². The molecule has 2 aliphatic rings. The van der Waals surface area contributed by atoms with E-state index in [-0.39, 0.29) is 18.2 Å². The second-order valence-electron chi connectivity index (χ2n) is 6.17. The van der Waals surface area contributed by atoms with E-state index in [0.717, 1.165) is 25.5 Å². The fraction of sp³-hybridized carbons (Fsp3) is 0.600. The van der Waals surface area contributed by atoms with Crippen molar-refractivity contribution in [1.82, 2.24) is 30.0 Å². The number of imidazole rings is 1. The zero-order valence-corrected chi connectivity index (χ0v) is 13.7. The molecular formula is C15H22N6O3. The maximum Gasteiger partial charge on any atom is 0.322 e. The van der Waals surface area contributed by atoms with Crippen molar-refractivity contribution in [3.05, 3.63) is 18.2 Å². The lowest BCUT2D eigenvalue weighted by Crippen LogP contribution is -2.48. The largest absolute Gasteiger partial charge is 0.340 e. The first-order valence-electron chi connectivity index (χ1n) is 8.10. The first-order valence-corrected chi connectivity index (χ1v) is 8.10. The molecule has 1 atom stereocenters. The van der Waals surface area contributed by atoms with Gasteiger partial charge in [0.25, 0.3) is 5.91 Å². The minimum atomic E-state index is -0.592. The molecule has 9 nitrogen and oxygen atoms in total. The third-order valence-corrected chi connectivity index (χ3v) is 4.52. The van der Waals surface area contributed by atoms with E-state index in [2.05, 4.69) is 20.5 Å². The van der Waals surface area contributed by atoms with Crippen LogP contribution in [0.3, 0.4) is 0 Å². The summed E-state index contributed by atoms with van der Waals surface area (Å²) in [4.78, 5) is 43.2. The van der Waals surface area contributed by atoms with E-state index in [9.17, 15) is 14.4 Å². The zero-order valence-electron chi connectivity index (χ0n) is 13.7. The van der Waals surface area contributed by atoms with Gasteiger partial charge >= 0.3 is 6.03 Å². The maximum absolute atomic E-state index is 12.3. The first kappa shape index (κ1) is 16.4. The van der Waals surface area contributed by atoms with E-state index in [0.29, 0.717) is 19.5 Å². The summed E-state index contributed by atoms with van der Waals surface area (Å²) < 4.78 is 2.00. The Morgan fingerprint density at radius 2 is 2.04 bits per heavy atom. The van der Waals surface area contributed by atoms with Gasteiger partial charge in [0, 0.05) is 52.0 Å². The van der Waals surface area contributed by atoms with Gasteiger partial charge in [-0.1, -0.05) is 0 Å². The number of carbonyl (C=O) groups is 3. The molecule has 130 valence electrons. The number of nitrogens with zero attached hydrogens (tertiary/aromatic N) is 4. The minimum Gasteiger partial charge on any atom is -0.340 e. The van der Waals surface area contributed by atoms with E-state index in [4.69, 9.17) is 0 Å². The molecule has 3 heterocycles. The van der Waals surface area contributed by atoms with Crippen molar-refractivity contribution in [2.75, 3.05) is 26.2 Å². The highest BCUT2D eigenvalue weighted by molar-refractivity contribution is 6.04. The van der Waals surface area contributed by atoms with Crippen LogP contribution in [-0.2, 0) is 23.2 Å². The van der Waals surface area contributed by atoms with Crippen molar-refractivity contribution >= 4 is 17.8 Å². The molecule has 0 aromatic carbocycles. The highest BCUT2D eigenvalue weighted by Gasteiger charge is 2.30. The van der Waals surface area contributed by atoms with Crippen molar-refractivity contribution in [1.29, 1.82) is 0 Å². The number of hydrogen-bond donors (Lipinski definition) is 2. The van der Waals surface area contributed by atoms with Crippen molar-refractivity contribution in [2.24, 2.45) is 7.05 Å². The van der Waals surface area contributed by atoms with Crippen LogP contribution in [0, 0.1) is 0 Å². The van der Waals surface area contributed by atoms with Crippen molar-refractivity contribution < 1.29 is 14.4 Å². The highest BCUT2D eigenvalue weighted by atomic mass is 16.2. The lowest BCUT2D eigenvalue weighted by Gasteiger charge is -2.34. The molecule has 4 amide bonds. The summed E-state index contributed by atoms with van der Waals surface area (Å²) in [6.45, 7) is 3.73. The molecule has 0 radical (unpaired) electrons. The number of piperazine rings is 1. The number of carbonyl (C=O) groups excluding carboxylic acids is 3. The molecule has 0 saturated carbocycles. The molecule has 0 spiro atoms. The quantitative estimate of drug-likeness (QED) is 0.677. The summed E-state index contributed by atoms with van der Waals surface area (Å²) in [5.41, 5.74) is 0. The summed E-state index contributed by atoms with van der Waals surface area (Å²) >= 11 is 0.